The van der Waals surface area contributed by atoms with E-state index in [1.165, 1.54) is 76.3 Å². The minimum atomic E-state index is -0.251. The van der Waals surface area contributed by atoms with Gasteiger partial charge in [0.05, 0.1) is 0 Å². The minimum absolute atomic E-state index is 0.148. The smallest absolute Gasteiger partial charge is 0.226 e. The van der Waals surface area contributed by atoms with Crippen LogP contribution in [-0.4, -0.2) is 12.5 Å². The number of aryl methyl sites for hydroxylation is 1. The second kappa shape index (κ2) is 26.8. The topological polar surface area (TPSA) is 20.3 Å². The maximum Gasteiger partial charge on any atom is 0.226 e. The van der Waals surface area contributed by atoms with Gasteiger partial charge < -0.3 is 4.90 Å². The predicted octanol–water partition coefficient (Wildman–Crippen LogP) is 12.3. The molecule has 1 aliphatic rings. The summed E-state index contributed by atoms with van der Waals surface area (Å²) in [6, 6.07) is 4.66. The van der Waals surface area contributed by atoms with E-state index in [9.17, 15) is 9.18 Å². The normalized spacial score (nSPS) is 13.1. The van der Waals surface area contributed by atoms with Gasteiger partial charge in [0.2, 0.25) is 5.91 Å². The summed E-state index contributed by atoms with van der Waals surface area (Å²) in [5.74, 6) is 2.47. The van der Waals surface area contributed by atoms with Gasteiger partial charge in [-0.3, -0.25) is 4.79 Å². The van der Waals surface area contributed by atoms with Crippen LogP contribution in [0, 0.1) is 30.5 Å². The lowest BCUT2D eigenvalue weighted by Crippen LogP contribution is -2.32. The molecule has 39 heavy (non-hydrogen) atoms. The first kappa shape index (κ1) is 39.8. The van der Waals surface area contributed by atoms with Gasteiger partial charge in [-0.25, -0.2) is 4.39 Å². The Kier molecular flexibility index (Phi) is 27.3. The lowest BCUT2D eigenvalue weighted by Gasteiger charge is -2.25. The van der Waals surface area contributed by atoms with E-state index >= 15 is 0 Å². The molecule has 0 spiro atoms. The fourth-order valence-corrected chi connectivity index (χ4v) is 4.34. The Balaban J connectivity index is 0. The Labute approximate surface area is 244 Å². The van der Waals surface area contributed by atoms with Crippen molar-refractivity contribution in [3.8, 4) is 0 Å². The number of hydrogen-bond acceptors (Lipinski definition) is 1. The highest BCUT2D eigenvalue weighted by Crippen LogP contribution is 2.24. The molecule has 0 aromatic heterocycles. The highest BCUT2D eigenvalue weighted by molar-refractivity contribution is 5.94. The summed E-state index contributed by atoms with van der Waals surface area (Å²) in [5.41, 5.74) is 1.67. The molecule has 0 bridgehead atoms. The van der Waals surface area contributed by atoms with Gasteiger partial charge >= 0.3 is 0 Å². The van der Waals surface area contributed by atoms with Crippen LogP contribution in [-0.2, 0) is 4.79 Å². The number of hydrogen-bond donors (Lipinski definition) is 0. The van der Waals surface area contributed by atoms with Gasteiger partial charge in [-0.1, -0.05) is 133 Å². The van der Waals surface area contributed by atoms with Crippen LogP contribution in [0.1, 0.15) is 164 Å². The molecular formula is C36H68FNO. The summed E-state index contributed by atoms with van der Waals surface area (Å²) >= 11 is 0. The second-order valence-corrected chi connectivity index (χ2v) is 12.4. The monoisotopic (exact) mass is 550 g/mol. The highest BCUT2D eigenvalue weighted by Gasteiger charge is 2.17. The Hall–Kier alpha value is -1.38. The molecule has 1 saturated carbocycles. The van der Waals surface area contributed by atoms with E-state index < -0.39 is 0 Å². The van der Waals surface area contributed by atoms with E-state index in [1.807, 2.05) is 11.8 Å². The molecule has 3 heteroatoms. The van der Waals surface area contributed by atoms with Crippen molar-refractivity contribution in [1.29, 1.82) is 0 Å². The quantitative estimate of drug-likeness (QED) is 0.254. The third-order valence-electron chi connectivity index (χ3n) is 7.19. The molecule has 0 heterocycles. The first-order valence-corrected chi connectivity index (χ1v) is 16.6. The van der Waals surface area contributed by atoms with Gasteiger partial charge in [0.15, 0.2) is 0 Å². The fourth-order valence-electron chi connectivity index (χ4n) is 4.34. The Bertz CT molecular complexity index is 677. The average Bonchev–Trinajstić information content (AvgIpc) is 2.90. The van der Waals surface area contributed by atoms with Crippen LogP contribution in [0.25, 0.3) is 0 Å². The number of amides is 1. The zero-order chi connectivity index (χ0) is 30.1. The molecule has 0 saturated heterocycles. The zero-order valence-corrected chi connectivity index (χ0v) is 28.0. The minimum Gasteiger partial charge on any atom is -0.312 e. The van der Waals surface area contributed by atoms with E-state index in [1.54, 1.807) is 6.07 Å². The second-order valence-electron chi connectivity index (χ2n) is 12.4. The first-order chi connectivity index (χ1) is 18.5. The Morgan fingerprint density at radius 3 is 1.77 bits per heavy atom. The van der Waals surface area contributed by atoms with Crippen LogP contribution >= 0.6 is 0 Å². The largest absolute Gasteiger partial charge is 0.312 e. The molecule has 1 aliphatic carbocycles. The van der Waals surface area contributed by atoms with E-state index in [2.05, 4.69) is 62.3 Å². The number of benzene rings is 1. The predicted molar refractivity (Wildman–Crippen MR) is 174 cm³/mol. The van der Waals surface area contributed by atoms with E-state index in [4.69, 9.17) is 0 Å². The summed E-state index contributed by atoms with van der Waals surface area (Å²) in [6.07, 6.45) is 18.8. The average molecular weight is 550 g/mol. The maximum absolute atomic E-state index is 13.3. The molecule has 2 rings (SSSR count). The zero-order valence-electron chi connectivity index (χ0n) is 28.0. The Morgan fingerprint density at radius 1 is 0.846 bits per heavy atom. The van der Waals surface area contributed by atoms with Crippen molar-refractivity contribution in [1.82, 2.24) is 0 Å². The molecule has 230 valence electrons. The standard InChI is InChI=1S/C18H28FNO.C7H14.C7H16.C4H10/c1-5-6-9-18(21)20(12-7-8-14(2)3)17-11-10-16(19)13-15(17)4;1-7-5-3-2-4-6-7;1-4-5-6-7(2)3;1-3-4-2/h10-11,13-14H,5-9,12H2,1-4H3;7H,2-6H2,1H3;7H,4-6H2,1-3H3;3-4H2,1-2H3. The van der Waals surface area contributed by atoms with Gasteiger partial charge in [-0.15, -0.1) is 0 Å². The van der Waals surface area contributed by atoms with Crippen LogP contribution in [0.5, 0.6) is 0 Å². The van der Waals surface area contributed by atoms with Crippen LogP contribution in [0.3, 0.4) is 0 Å². The Morgan fingerprint density at radius 2 is 1.38 bits per heavy atom. The molecular weight excluding hydrogens is 481 g/mol. The number of unbranched alkanes of at least 4 members (excludes halogenated alkanes) is 3. The number of carbonyl (C=O) groups excluding carboxylic acids is 1. The number of carbonyl (C=O) groups is 1. The van der Waals surface area contributed by atoms with Crippen molar-refractivity contribution >= 4 is 11.6 Å². The van der Waals surface area contributed by atoms with Crippen LogP contribution < -0.4 is 4.90 Å². The van der Waals surface area contributed by atoms with Gasteiger partial charge in [0.1, 0.15) is 5.82 Å². The summed E-state index contributed by atoms with van der Waals surface area (Å²) in [6.45, 7) is 22.5. The van der Waals surface area contributed by atoms with Crippen LogP contribution in [0.4, 0.5) is 10.1 Å². The number of nitrogens with zero attached hydrogens (tertiary/aromatic N) is 1. The molecule has 0 unspecified atom stereocenters. The van der Waals surface area contributed by atoms with E-state index in [0.29, 0.717) is 18.9 Å². The lowest BCUT2D eigenvalue weighted by atomic mass is 9.91. The van der Waals surface area contributed by atoms with Crippen molar-refractivity contribution in [3.05, 3.63) is 29.6 Å². The van der Waals surface area contributed by atoms with Crippen LogP contribution in [0.2, 0.25) is 0 Å². The third-order valence-corrected chi connectivity index (χ3v) is 7.19. The SMILES string of the molecule is CC1CCCCC1.CCCC.CCCCC(=O)N(CCCC(C)C)c1ccc(F)cc1C.CCCCC(C)C. The number of halogens is 1. The molecule has 0 atom stereocenters. The number of anilines is 1. The molecule has 1 aromatic rings. The van der Waals surface area contributed by atoms with Gasteiger partial charge in [-0.2, -0.15) is 0 Å². The maximum atomic E-state index is 13.3. The van der Waals surface area contributed by atoms with Crippen molar-refractivity contribution < 1.29 is 9.18 Å². The fraction of sp³-hybridized carbons (Fsp3) is 0.806. The van der Waals surface area contributed by atoms with Gasteiger partial charge in [0.25, 0.3) is 0 Å². The van der Waals surface area contributed by atoms with Crippen molar-refractivity contribution in [2.75, 3.05) is 11.4 Å². The molecule has 0 radical (unpaired) electrons. The molecule has 2 nitrogen and oxygen atoms in total. The number of rotatable bonds is 12. The molecule has 1 fully saturated rings. The lowest BCUT2D eigenvalue weighted by molar-refractivity contribution is -0.118. The first-order valence-electron chi connectivity index (χ1n) is 16.6. The van der Waals surface area contributed by atoms with E-state index in [-0.39, 0.29) is 11.7 Å². The van der Waals surface area contributed by atoms with Crippen molar-refractivity contribution in [2.24, 2.45) is 17.8 Å². The molecule has 1 amide bonds. The summed E-state index contributed by atoms with van der Waals surface area (Å²) in [4.78, 5) is 14.3. The van der Waals surface area contributed by atoms with E-state index in [0.717, 1.165) is 48.8 Å². The van der Waals surface area contributed by atoms with Gasteiger partial charge in [0, 0.05) is 18.7 Å². The molecule has 1 aromatic carbocycles. The van der Waals surface area contributed by atoms with Gasteiger partial charge in [-0.05, 0) is 67.7 Å². The van der Waals surface area contributed by atoms with Crippen molar-refractivity contribution in [2.45, 2.75) is 166 Å². The highest BCUT2D eigenvalue weighted by atomic mass is 19.1. The van der Waals surface area contributed by atoms with Crippen molar-refractivity contribution in [3.63, 3.8) is 0 Å². The summed E-state index contributed by atoms with van der Waals surface area (Å²) < 4.78 is 13.3. The molecule has 0 aliphatic heterocycles. The molecule has 0 N–H and O–H groups in total. The van der Waals surface area contributed by atoms with Crippen LogP contribution in [0.15, 0.2) is 18.2 Å². The summed E-state index contributed by atoms with van der Waals surface area (Å²) in [5, 5.41) is 0. The third kappa shape index (κ3) is 24.2. The summed E-state index contributed by atoms with van der Waals surface area (Å²) in [7, 11) is 0.